The molecule has 0 aliphatic rings. The molecule has 0 aliphatic heterocycles. The van der Waals surface area contributed by atoms with Gasteiger partial charge in [-0.25, -0.2) is 9.97 Å². The molecule has 4 nitrogen and oxygen atoms in total. The number of nitrogens with zero attached hydrogens (tertiary/aromatic N) is 4. The van der Waals surface area contributed by atoms with E-state index in [1.165, 1.54) is 11.1 Å². The summed E-state index contributed by atoms with van der Waals surface area (Å²) < 4.78 is 0. The van der Waals surface area contributed by atoms with E-state index in [0.717, 1.165) is 78.8 Å². The average molecular weight is 769 g/mol. The van der Waals surface area contributed by atoms with Crippen LogP contribution in [0.3, 0.4) is 0 Å². The minimum Gasteiger partial charge on any atom is -0.311 e. The molecule has 10 rings (SSSR count). The number of benzene rings is 9. The molecule has 0 amide bonds. The monoisotopic (exact) mass is 768 g/mol. The Bertz CT molecular complexity index is 2950. The maximum absolute atomic E-state index is 5.44. The van der Waals surface area contributed by atoms with Crippen LogP contribution in [0.2, 0.25) is 0 Å². The molecule has 0 N–H and O–H groups in total. The summed E-state index contributed by atoms with van der Waals surface area (Å²) in [7, 11) is 0. The van der Waals surface area contributed by atoms with Crippen LogP contribution in [0.1, 0.15) is 0 Å². The molecule has 0 atom stereocenters. The first-order valence-electron chi connectivity index (χ1n) is 20.2. The van der Waals surface area contributed by atoms with Crippen molar-refractivity contribution < 1.29 is 0 Å². The maximum atomic E-state index is 5.44. The summed E-state index contributed by atoms with van der Waals surface area (Å²) in [6.07, 6.45) is 0. The topological polar surface area (TPSA) is 32.3 Å². The van der Waals surface area contributed by atoms with Crippen molar-refractivity contribution in [3.8, 4) is 44.8 Å². The van der Waals surface area contributed by atoms with E-state index in [1.807, 2.05) is 6.07 Å². The highest BCUT2D eigenvalue weighted by Crippen LogP contribution is 2.41. The Kier molecular flexibility index (Phi) is 9.92. The molecule has 0 fully saturated rings. The molecule has 0 aliphatic carbocycles. The predicted octanol–water partition coefficient (Wildman–Crippen LogP) is 15.2. The third-order valence-corrected chi connectivity index (χ3v) is 10.8. The second-order valence-corrected chi connectivity index (χ2v) is 14.6. The number of hydrogen-bond donors (Lipinski definition) is 0. The van der Waals surface area contributed by atoms with E-state index in [2.05, 4.69) is 246 Å². The van der Waals surface area contributed by atoms with Crippen LogP contribution in [0.4, 0.5) is 34.1 Å². The largest absolute Gasteiger partial charge is 0.311 e. The van der Waals surface area contributed by atoms with E-state index in [-0.39, 0.29) is 0 Å². The Hall–Kier alpha value is -8.08. The molecule has 10 aromatic rings. The van der Waals surface area contributed by atoms with Crippen LogP contribution in [-0.4, -0.2) is 9.97 Å². The fourth-order valence-electron chi connectivity index (χ4n) is 7.95. The first-order valence-corrected chi connectivity index (χ1v) is 20.2. The van der Waals surface area contributed by atoms with Crippen LogP contribution in [0, 0.1) is 0 Å². The molecule has 0 saturated heterocycles. The van der Waals surface area contributed by atoms with Crippen molar-refractivity contribution in [3.05, 3.63) is 243 Å². The van der Waals surface area contributed by atoms with E-state index < -0.39 is 0 Å². The molecule has 0 radical (unpaired) electrons. The summed E-state index contributed by atoms with van der Waals surface area (Å²) in [6.45, 7) is 0. The molecule has 60 heavy (non-hydrogen) atoms. The number of hydrogen-bond acceptors (Lipinski definition) is 4. The van der Waals surface area contributed by atoms with Crippen LogP contribution < -0.4 is 9.80 Å². The van der Waals surface area contributed by atoms with Gasteiger partial charge in [0, 0.05) is 50.8 Å². The van der Waals surface area contributed by atoms with Gasteiger partial charge in [0.1, 0.15) is 0 Å². The fraction of sp³-hybridized carbons (Fsp3) is 0. The van der Waals surface area contributed by atoms with Gasteiger partial charge in [0.15, 0.2) is 0 Å². The highest BCUT2D eigenvalue weighted by molar-refractivity contribution is 5.96. The van der Waals surface area contributed by atoms with Crippen molar-refractivity contribution in [2.75, 3.05) is 9.80 Å². The number of para-hydroxylation sites is 4. The summed E-state index contributed by atoms with van der Waals surface area (Å²) in [6, 6.07) is 84.9. The van der Waals surface area contributed by atoms with Gasteiger partial charge in [-0.3, -0.25) is 0 Å². The van der Waals surface area contributed by atoms with Gasteiger partial charge in [0.2, 0.25) is 0 Å². The number of aromatic nitrogens is 2. The lowest BCUT2D eigenvalue weighted by Crippen LogP contribution is -2.12. The number of anilines is 6. The number of fused-ring (bicyclic) bond motifs is 1. The Morgan fingerprint density at radius 1 is 0.250 bits per heavy atom. The van der Waals surface area contributed by atoms with E-state index in [1.54, 1.807) is 0 Å². The highest BCUT2D eigenvalue weighted by atomic mass is 15.2. The maximum Gasteiger partial charge on any atom is 0.0973 e. The normalized spacial score (nSPS) is 11.0. The Labute approximate surface area is 351 Å². The molecular weight excluding hydrogens is 729 g/mol. The Morgan fingerprint density at radius 3 is 1.13 bits per heavy atom. The molecule has 0 unspecified atom stereocenters. The second kappa shape index (κ2) is 16.4. The highest BCUT2D eigenvalue weighted by Gasteiger charge is 2.19. The van der Waals surface area contributed by atoms with Gasteiger partial charge < -0.3 is 9.80 Å². The average Bonchev–Trinajstić information content (AvgIpc) is 3.33. The van der Waals surface area contributed by atoms with E-state index >= 15 is 0 Å². The molecule has 9 aromatic carbocycles. The van der Waals surface area contributed by atoms with Gasteiger partial charge in [-0.05, 0) is 102 Å². The second-order valence-electron chi connectivity index (χ2n) is 14.6. The van der Waals surface area contributed by atoms with Crippen LogP contribution >= 0.6 is 0 Å². The van der Waals surface area contributed by atoms with Crippen LogP contribution in [0.5, 0.6) is 0 Å². The summed E-state index contributed by atoms with van der Waals surface area (Å²) in [5.74, 6) is 0. The van der Waals surface area contributed by atoms with E-state index in [9.17, 15) is 0 Å². The molecule has 0 spiro atoms. The van der Waals surface area contributed by atoms with Gasteiger partial charge in [-0.15, -0.1) is 0 Å². The minimum atomic E-state index is 0.841. The molecule has 0 saturated carbocycles. The third kappa shape index (κ3) is 7.30. The van der Waals surface area contributed by atoms with E-state index in [0.29, 0.717) is 0 Å². The summed E-state index contributed by atoms with van der Waals surface area (Å²) in [5, 5.41) is 0. The lowest BCUT2D eigenvalue weighted by molar-refractivity contribution is 1.25. The summed E-state index contributed by atoms with van der Waals surface area (Å²) in [4.78, 5) is 15.4. The first-order chi connectivity index (χ1) is 29.8. The van der Waals surface area contributed by atoms with E-state index in [4.69, 9.17) is 9.97 Å². The molecule has 4 heteroatoms. The molecule has 0 bridgehead atoms. The van der Waals surface area contributed by atoms with Crippen molar-refractivity contribution >= 4 is 45.2 Å². The zero-order chi connectivity index (χ0) is 40.1. The lowest BCUT2D eigenvalue weighted by Gasteiger charge is -2.28. The van der Waals surface area contributed by atoms with Gasteiger partial charge in [-0.2, -0.15) is 0 Å². The van der Waals surface area contributed by atoms with Gasteiger partial charge in [0.25, 0.3) is 0 Å². The van der Waals surface area contributed by atoms with Crippen LogP contribution in [-0.2, 0) is 0 Å². The van der Waals surface area contributed by atoms with Crippen molar-refractivity contribution in [3.63, 3.8) is 0 Å². The standard InChI is InChI=1S/C56H40N4/c1-6-18-41(19-7-1)44-22-16-23-45(40-44)52-30-17-31-53-56(52)58-55(42-20-8-2-9-21-42)54(57-53)43-32-34-49(35-33-43)60(48-28-14-5-15-29-48)51-38-36-50(37-39-51)59(46-24-10-3-11-25-46)47-26-12-4-13-27-47/h1-40H. The van der Waals surface area contributed by atoms with Crippen molar-refractivity contribution in [1.29, 1.82) is 0 Å². The Morgan fingerprint density at radius 2 is 0.617 bits per heavy atom. The van der Waals surface area contributed by atoms with Crippen molar-refractivity contribution in [2.45, 2.75) is 0 Å². The van der Waals surface area contributed by atoms with Gasteiger partial charge >= 0.3 is 0 Å². The zero-order valence-electron chi connectivity index (χ0n) is 32.9. The predicted molar refractivity (Wildman–Crippen MR) is 251 cm³/mol. The number of rotatable bonds is 10. The fourth-order valence-corrected chi connectivity index (χ4v) is 7.95. The Balaban J connectivity index is 1.04. The molecule has 284 valence electrons. The minimum absolute atomic E-state index is 0.841. The molecule has 1 aromatic heterocycles. The third-order valence-electron chi connectivity index (χ3n) is 10.8. The summed E-state index contributed by atoms with van der Waals surface area (Å²) >= 11 is 0. The molecular formula is C56H40N4. The van der Waals surface area contributed by atoms with Gasteiger partial charge in [-0.1, -0.05) is 158 Å². The SMILES string of the molecule is c1ccc(-c2cccc(-c3cccc4nc(-c5ccc(N(c6ccccc6)c6ccc(N(c7ccccc7)c7ccccc7)cc6)cc5)c(-c5ccccc5)nc34)c2)cc1. The van der Waals surface area contributed by atoms with Gasteiger partial charge in [0.05, 0.1) is 22.4 Å². The lowest BCUT2D eigenvalue weighted by atomic mass is 9.97. The van der Waals surface area contributed by atoms with Crippen molar-refractivity contribution in [2.24, 2.45) is 0 Å². The smallest absolute Gasteiger partial charge is 0.0973 e. The quantitative estimate of drug-likeness (QED) is 0.139. The first kappa shape index (κ1) is 36.3. The van der Waals surface area contributed by atoms with Crippen LogP contribution in [0.25, 0.3) is 55.8 Å². The molecule has 1 heterocycles. The zero-order valence-corrected chi connectivity index (χ0v) is 32.9. The summed E-state index contributed by atoms with van der Waals surface area (Å²) in [5.41, 5.74) is 16.4. The van der Waals surface area contributed by atoms with Crippen LogP contribution in [0.15, 0.2) is 243 Å². The van der Waals surface area contributed by atoms with Crippen molar-refractivity contribution in [1.82, 2.24) is 9.97 Å².